The van der Waals surface area contributed by atoms with E-state index in [0.29, 0.717) is 5.25 Å². The lowest BCUT2D eigenvalue weighted by Crippen LogP contribution is -2.05. The molecule has 1 aromatic rings. The number of aliphatic hydroxyl groups is 1. The van der Waals surface area contributed by atoms with Gasteiger partial charge in [0.2, 0.25) is 0 Å². The van der Waals surface area contributed by atoms with Gasteiger partial charge < -0.3 is 10.4 Å². The zero-order valence-electron chi connectivity index (χ0n) is 7.58. The highest BCUT2D eigenvalue weighted by molar-refractivity contribution is 8.00. The molecule has 2 N–H and O–H groups in total. The zero-order valence-corrected chi connectivity index (χ0v) is 8.40. The second-order valence-corrected chi connectivity index (χ2v) is 4.54. The van der Waals surface area contributed by atoms with Crippen LogP contribution in [0.4, 0.5) is 5.69 Å². The van der Waals surface area contributed by atoms with Gasteiger partial charge in [-0.05, 0) is 30.2 Å². The smallest absolute Gasteiger partial charge is 0.0556 e. The third-order valence-corrected chi connectivity index (χ3v) is 3.60. The Balaban J connectivity index is 2.25. The molecule has 13 heavy (non-hydrogen) atoms. The molecule has 3 heteroatoms. The summed E-state index contributed by atoms with van der Waals surface area (Å²) >= 11 is 1.78. The summed E-state index contributed by atoms with van der Waals surface area (Å²) in [6, 6.07) is 6.37. The molecule has 1 heterocycles. The maximum atomic E-state index is 9.03. The molecule has 1 aliphatic rings. The van der Waals surface area contributed by atoms with E-state index in [1.54, 1.807) is 11.8 Å². The Morgan fingerprint density at radius 2 is 2.46 bits per heavy atom. The molecular formula is C10H13NOS. The van der Waals surface area contributed by atoms with E-state index in [-0.39, 0.29) is 6.61 Å². The molecule has 1 aliphatic heterocycles. The lowest BCUT2D eigenvalue weighted by molar-refractivity contribution is 0.295. The van der Waals surface area contributed by atoms with Crippen LogP contribution in [-0.4, -0.2) is 24.0 Å². The number of rotatable bonds is 2. The Labute approximate surface area is 82.4 Å². The Bertz CT molecular complexity index is 314. The average Bonchev–Trinajstić information content (AvgIpc) is 2.58. The van der Waals surface area contributed by atoms with Crippen molar-refractivity contribution in [3.63, 3.8) is 0 Å². The fourth-order valence-corrected chi connectivity index (χ4v) is 2.71. The summed E-state index contributed by atoms with van der Waals surface area (Å²) in [5.41, 5.74) is 2.51. The van der Waals surface area contributed by atoms with Crippen LogP contribution in [0, 0.1) is 0 Å². The van der Waals surface area contributed by atoms with Crippen molar-refractivity contribution in [2.45, 2.75) is 16.6 Å². The van der Waals surface area contributed by atoms with Gasteiger partial charge in [-0.15, -0.1) is 11.8 Å². The zero-order chi connectivity index (χ0) is 9.26. The lowest BCUT2D eigenvalue weighted by atomic mass is 10.1. The lowest BCUT2D eigenvalue weighted by Gasteiger charge is -2.01. The van der Waals surface area contributed by atoms with Crippen molar-refractivity contribution >= 4 is 17.4 Å². The fraction of sp³-hybridized carbons (Fsp3) is 0.400. The van der Waals surface area contributed by atoms with Crippen molar-refractivity contribution in [3.8, 4) is 0 Å². The molecule has 70 valence electrons. The number of fused-ring (bicyclic) bond motifs is 1. The van der Waals surface area contributed by atoms with Crippen LogP contribution in [0.15, 0.2) is 23.1 Å². The van der Waals surface area contributed by atoms with E-state index in [9.17, 15) is 0 Å². The van der Waals surface area contributed by atoms with Crippen LogP contribution < -0.4 is 5.32 Å². The number of nitrogens with one attached hydrogen (secondary N) is 1. The van der Waals surface area contributed by atoms with E-state index in [4.69, 9.17) is 5.11 Å². The summed E-state index contributed by atoms with van der Waals surface area (Å²) in [6.45, 7) is 0.272. The Morgan fingerprint density at radius 3 is 3.15 bits per heavy atom. The standard InChI is InChI=1S/C10H13NOS/c1-11-8-2-3-10-7(4-8)5-9(6-12)13-10/h2-4,9,11-12H,5-6H2,1H3. The quantitative estimate of drug-likeness (QED) is 0.754. The van der Waals surface area contributed by atoms with Crippen molar-refractivity contribution in [2.75, 3.05) is 19.0 Å². The summed E-state index contributed by atoms with van der Waals surface area (Å²) in [4.78, 5) is 1.32. The molecule has 1 aromatic carbocycles. The summed E-state index contributed by atoms with van der Waals surface area (Å²) in [7, 11) is 1.92. The monoisotopic (exact) mass is 195 g/mol. The van der Waals surface area contributed by atoms with Crippen LogP contribution in [0.2, 0.25) is 0 Å². The molecule has 0 bridgehead atoms. The van der Waals surface area contributed by atoms with E-state index in [0.717, 1.165) is 12.1 Å². The molecular weight excluding hydrogens is 182 g/mol. The third kappa shape index (κ3) is 1.67. The van der Waals surface area contributed by atoms with Gasteiger partial charge in [0.15, 0.2) is 0 Å². The first-order valence-electron chi connectivity index (χ1n) is 4.41. The highest BCUT2D eigenvalue weighted by Crippen LogP contribution is 2.37. The number of aliphatic hydroxyl groups excluding tert-OH is 1. The van der Waals surface area contributed by atoms with Gasteiger partial charge in [-0.2, -0.15) is 0 Å². The molecule has 0 amide bonds. The van der Waals surface area contributed by atoms with E-state index in [1.165, 1.54) is 10.5 Å². The first-order valence-corrected chi connectivity index (χ1v) is 5.29. The average molecular weight is 195 g/mol. The van der Waals surface area contributed by atoms with Crippen molar-refractivity contribution in [3.05, 3.63) is 23.8 Å². The number of thioether (sulfide) groups is 1. The number of anilines is 1. The second kappa shape index (κ2) is 3.60. The Morgan fingerprint density at radius 1 is 1.62 bits per heavy atom. The second-order valence-electron chi connectivity index (χ2n) is 3.20. The first-order chi connectivity index (χ1) is 6.33. The molecule has 0 aliphatic carbocycles. The van der Waals surface area contributed by atoms with Crippen molar-refractivity contribution in [1.82, 2.24) is 0 Å². The summed E-state index contributed by atoms with van der Waals surface area (Å²) in [6.07, 6.45) is 0.992. The summed E-state index contributed by atoms with van der Waals surface area (Å²) < 4.78 is 0. The maximum absolute atomic E-state index is 9.03. The maximum Gasteiger partial charge on any atom is 0.0556 e. The van der Waals surface area contributed by atoms with Crippen LogP contribution in [0.5, 0.6) is 0 Å². The molecule has 2 nitrogen and oxygen atoms in total. The van der Waals surface area contributed by atoms with Gasteiger partial charge in [0.05, 0.1) is 6.61 Å². The van der Waals surface area contributed by atoms with Crippen LogP contribution in [0.3, 0.4) is 0 Å². The topological polar surface area (TPSA) is 32.3 Å². The van der Waals surface area contributed by atoms with Gasteiger partial charge in [-0.25, -0.2) is 0 Å². The predicted octanol–water partition coefficient (Wildman–Crippen LogP) is 1.74. The largest absolute Gasteiger partial charge is 0.395 e. The van der Waals surface area contributed by atoms with Gasteiger partial charge in [-0.3, -0.25) is 0 Å². The van der Waals surface area contributed by atoms with E-state index < -0.39 is 0 Å². The molecule has 1 atom stereocenters. The van der Waals surface area contributed by atoms with Crippen molar-refractivity contribution < 1.29 is 5.11 Å². The van der Waals surface area contributed by atoms with Crippen LogP contribution in [0.25, 0.3) is 0 Å². The van der Waals surface area contributed by atoms with Crippen LogP contribution in [0.1, 0.15) is 5.56 Å². The predicted molar refractivity (Wildman–Crippen MR) is 56.4 cm³/mol. The first kappa shape index (κ1) is 8.91. The van der Waals surface area contributed by atoms with Gasteiger partial charge in [0, 0.05) is 22.9 Å². The molecule has 0 radical (unpaired) electrons. The fourth-order valence-electron chi connectivity index (χ4n) is 1.58. The minimum absolute atomic E-state index is 0.272. The van der Waals surface area contributed by atoms with Crippen molar-refractivity contribution in [2.24, 2.45) is 0 Å². The molecule has 0 fully saturated rings. The molecule has 0 aromatic heterocycles. The van der Waals surface area contributed by atoms with E-state index >= 15 is 0 Å². The van der Waals surface area contributed by atoms with Gasteiger partial charge in [0.1, 0.15) is 0 Å². The van der Waals surface area contributed by atoms with Gasteiger partial charge in [0.25, 0.3) is 0 Å². The molecule has 2 rings (SSSR count). The minimum atomic E-state index is 0.272. The molecule has 0 saturated heterocycles. The molecule has 0 saturated carbocycles. The van der Waals surface area contributed by atoms with Crippen LogP contribution >= 0.6 is 11.8 Å². The van der Waals surface area contributed by atoms with Gasteiger partial charge in [-0.1, -0.05) is 0 Å². The Hall–Kier alpha value is -0.670. The number of hydrogen-bond donors (Lipinski definition) is 2. The molecule has 1 unspecified atom stereocenters. The highest BCUT2D eigenvalue weighted by Gasteiger charge is 2.21. The third-order valence-electron chi connectivity index (χ3n) is 2.29. The molecule has 0 spiro atoms. The summed E-state index contributed by atoms with van der Waals surface area (Å²) in [5.74, 6) is 0. The van der Waals surface area contributed by atoms with Gasteiger partial charge >= 0.3 is 0 Å². The van der Waals surface area contributed by atoms with E-state index in [2.05, 4.69) is 23.5 Å². The van der Waals surface area contributed by atoms with Crippen LogP contribution in [-0.2, 0) is 6.42 Å². The normalized spacial score (nSPS) is 20.0. The minimum Gasteiger partial charge on any atom is -0.395 e. The van der Waals surface area contributed by atoms with Crippen molar-refractivity contribution in [1.29, 1.82) is 0 Å². The highest BCUT2D eigenvalue weighted by atomic mass is 32.2. The van der Waals surface area contributed by atoms with E-state index in [1.807, 2.05) is 7.05 Å². The SMILES string of the molecule is CNc1ccc2c(c1)CC(CO)S2. The number of hydrogen-bond acceptors (Lipinski definition) is 3. The Kier molecular flexibility index (Phi) is 2.47. The summed E-state index contributed by atoms with van der Waals surface area (Å²) in [5, 5.41) is 12.5. The number of benzene rings is 1.